The minimum absolute atomic E-state index is 0.350. The van der Waals surface area contributed by atoms with Gasteiger partial charge in [-0.25, -0.2) is 0 Å². The third-order valence-electron chi connectivity index (χ3n) is 2.91. The summed E-state index contributed by atoms with van der Waals surface area (Å²) in [7, 11) is 0. The van der Waals surface area contributed by atoms with Gasteiger partial charge in [-0.15, -0.1) is 0 Å². The van der Waals surface area contributed by atoms with Crippen LogP contribution in [0, 0.1) is 0 Å². The lowest BCUT2D eigenvalue weighted by Gasteiger charge is -2.18. The van der Waals surface area contributed by atoms with E-state index in [4.69, 9.17) is 10.2 Å². The highest BCUT2D eigenvalue weighted by molar-refractivity contribution is 5.73. The maximum absolute atomic E-state index is 13.0. The van der Waals surface area contributed by atoms with E-state index >= 15 is 0 Å². The molecule has 0 atom stereocenters. The first kappa shape index (κ1) is 16.0. The number of rotatable bonds is 1. The van der Waals surface area contributed by atoms with Crippen LogP contribution in [0.4, 0.5) is 26.3 Å². The van der Waals surface area contributed by atoms with Gasteiger partial charge in [0.05, 0.1) is 11.1 Å². The van der Waals surface area contributed by atoms with Gasteiger partial charge in [0.15, 0.2) is 0 Å². The molecule has 2 aromatic carbocycles. The molecule has 0 amide bonds. The van der Waals surface area contributed by atoms with Gasteiger partial charge in [0.25, 0.3) is 0 Å². The Balaban J connectivity index is 2.78. The highest BCUT2D eigenvalue weighted by Crippen LogP contribution is 2.44. The Labute approximate surface area is 120 Å². The van der Waals surface area contributed by atoms with Crippen molar-refractivity contribution in [1.29, 1.82) is 0 Å². The zero-order valence-corrected chi connectivity index (χ0v) is 10.6. The zero-order chi connectivity index (χ0) is 16.7. The fourth-order valence-corrected chi connectivity index (χ4v) is 2.00. The number of aromatic hydroxyl groups is 2. The molecule has 0 radical (unpaired) electrons. The van der Waals surface area contributed by atoms with Crippen molar-refractivity contribution in [2.75, 3.05) is 0 Å². The monoisotopic (exact) mass is 322 g/mol. The van der Waals surface area contributed by atoms with E-state index in [1.165, 1.54) is 0 Å². The smallest absolute Gasteiger partial charge is 0.417 e. The summed E-state index contributed by atoms with van der Waals surface area (Å²) in [6.07, 6.45) is -9.90. The molecule has 8 heteroatoms. The molecule has 0 bridgehead atoms. The number of hydrogen-bond donors (Lipinski definition) is 2. The first-order chi connectivity index (χ1) is 10.00. The standard InChI is InChI=1S/C14H8F6O2/c15-13(16,17)11-5-7(21)1-3-9(11)10-4-2-8(22)6-12(10)14(18,19)20/h1-6,21-22H. The molecular weight excluding hydrogens is 314 g/mol. The van der Waals surface area contributed by atoms with Gasteiger partial charge in [0, 0.05) is 0 Å². The number of phenolic OH excluding ortho intramolecular Hbond substituents is 2. The second kappa shape index (κ2) is 5.11. The Morgan fingerprint density at radius 3 is 1.18 bits per heavy atom. The van der Waals surface area contributed by atoms with Gasteiger partial charge < -0.3 is 10.2 Å². The van der Waals surface area contributed by atoms with Gasteiger partial charge in [-0.3, -0.25) is 0 Å². The summed E-state index contributed by atoms with van der Waals surface area (Å²) in [4.78, 5) is 0. The van der Waals surface area contributed by atoms with Crippen LogP contribution in [-0.4, -0.2) is 10.2 Å². The first-order valence-corrected chi connectivity index (χ1v) is 5.81. The molecule has 0 heterocycles. The van der Waals surface area contributed by atoms with E-state index in [9.17, 15) is 26.3 Å². The van der Waals surface area contributed by atoms with E-state index in [1.807, 2.05) is 0 Å². The second-order valence-corrected chi connectivity index (χ2v) is 4.46. The number of phenols is 2. The second-order valence-electron chi connectivity index (χ2n) is 4.46. The zero-order valence-electron chi connectivity index (χ0n) is 10.6. The van der Waals surface area contributed by atoms with Gasteiger partial charge in [-0.1, -0.05) is 12.1 Å². The molecule has 0 fully saturated rings. The lowest BCUT2D eigenvalue weighted by molar-refractivity contribution is -0.139. The molecular formula is C14H8F6O2. The maximum atomic E-state index is 13.0. The van der Waals surface area contributed by atoms with Crippen LogP contribution >= 0.6 is 0 Å². The third kappa shape index (κ3) is 3.10. The van der Waals surface area contributed by atoms with Gasteiger partial charge in [-0.2, -0.15) is 26.3 Å². The average molecular weight is 322 g/mol. The van der Waals surface area contributed by atoms with Crippen molar-refractivity contribution < 1.29 is 36.6 Å². The Kier molecular flexibility index (Phi) is 3.72. The molecule has 0 saturated heterocycles. The van der Waals surface area contributed by atoms with Gasteiger partial charge in [0.2, 0.25) is 0 Å². The minimum Gasteiger partial charge on any atom is -0.508 e. The average Bonchev–Trinajstić information content (AvgIpc) is 2.37. The van der Waals surface area contributed by atoms with E-state index < -0.39 is 46.1 Å². The van der Waals surface area contributed by atoms with Crippen LogP contribution < -0.4 is 0 Å². The minimum atomic E-state index is -4.95. The molecule has 118 valence electrons. The molecule has 0 aromatic heterocycles. The summed E-state index contributed by atoms with van der Waals surface area (Å²) in [5.41, 5.74) is -4.28. The van der Waals surface area contributed by atoms with Gasteiger partial charge >= 0.3 is 12.4 Å². The summed E-state index contributed by atoms with van der Waals surface area (Å²) in [6, 6.07) is 3.92. The quantitative estimate of drug-likeness (QED) is 0.740. The molecule has 0 spiro atoms. The number of alkyl halides is 6. The predicted octanol–water partition coefficient (Wildman–Crippen LogP) is 4.80. The fraction of sp³-hybridized carbons (Fsp3) is 0.143. The van der Waals surface area contributed by atoms with Crippen LogP contribution in [0.3, 0.4) is 0 Å². The van der Waals surface area contributed by atoms with E-state index in [0.29, 0.717) is 12.1 Å². The van der Waals surface area contributed by atoms with Crippen LogP contribution in [0.2, 0.25) is 0 Å². The van der Waals surface area contributed by atoms with E-state index in [1.54, 1.807) is 0 Å². The number of halogens is 6. The Hall–Kier alpha value is -2.38. The Bertz CT molecular complexity index is 642. The van der Waals surface area contributed by atoms with Gasteiger partial charge in [0.1, 0.15) is 11.5 Å². The van der Waals surface area contributed by atoms with Crippen molar-refractivity contribution in [3.05, 3.63) is 47.5 Å². The lowest BCUT2D eigenvalue weighted by atomic mass is 9.94. The van der Waals surface area contributed by atoms with Crippen molar-refractivity contribution in [3.8, 4) is 22.6 Å². The van der Waals surface area contributed by atoms with E-state index in [0.717, 1.165) is 24.3 Å². The molecule has 22 heavy (non-hydrogen) atoms. The van der Waals surface area contributed by atoms with Crippen LogP contribution in [0.15, 0.2) is 36.4 Å². The summed E-state index contributed by atoms with van der Waals surface area (Å²) in [6.45, 7) is 0. The van der Waals surface area contributed by atoms with Crippen molar-refractivity contribution in [3.63, 3.8) is 0 Å². The van der Waals surface area contributed by atoms with E-state index in [-0.39, 0.29) is 0 Å². The molecule has 0 saturated carbocycles. The van der Waals surface area contributed by atoms with Crippen molar-refractivity contribution in [2.24, 2.45) is 0 Å². The fourth-order valence-electron chi connectivity index (χ4n) is 2.00. The normalized spacial score (nSPS) is 12.5. The molecule has 2 rings (SSSR count). The molecule has 0 aliphatic carbocycles. The summed E-state index contributed by atoms with van der Waals surface area (Å²) >= 11 is 0. The SMILES string of the molecule is Oc1ccc(-c2ccc(O)cc2C(F)(F)F)c(C(F)(F)F)c1. The van der Waals surface area contributed by atoms with Crippen molar-refractivity contribution >= 4 is 0 Å². The van der Waals surface area contributed by atoms with Crippen LogP contribution in [0.1, 0.15) is 11.1 Å². The summed E-state index contributed by atoms with van der Waals surface area (Å²) < 4.78 is 77.9. The van der Waals surface area contributed by atoms with Crippen LogP contribution in [-0.2, 0) is 12.4 Å². The largest absolute Gasteiger partial charge is 0.508 e. The number of hydrogen-bond acceptors (Lipinski definition) is 2. The first-order valence-electron chi connectivity index (χ1n) is 5.81. The maximum Gasteiger partial charge on any atom is 0.417 e. The highest BCUT2D eigenvalue weighted by atomic mass is 19.4. The summed E-state index contributed by atoms with van der Waals surface area (Å²) in [5, 5.41) is 18.3. The van der Waals surface area contributed by atoms with Crippen molar-refractivity contribution in [2.45, 2.75) is 12.4 Å². The molecule has 2 N–H and O–H groups in total. The number of benzene rings is 2. The third-order valence-corrected chi connectivity index (χ3v) is 2.91. The Morgan fingerprint density at radius 1 is 0.591 bits per heavy atom. The molecule has 2 nitrogen and oxygen atoms in total. The molecule has 2 aromatic rings. The molecule has 0 aliphatic heterocycles. The van der Waals surface area contributed by atoms with E-state index in [2.05, 4.69) is 0 Å². The van der Waals surface area contributed by atoms with Crippen LogP contribution in [0.5, 0.6) is 11.5 Å². The Morgan fingerprint density at radius 2 is 0.909 bits per heavy atom. The summed E-state index contributed by atoms with van der Waals surface area (Å²) in [5.74, 6) is -1.44. The molecule has 0 unspecified atom stereocenters. The predicted molar refractivity (Wildman–Crippen MR) is 65.2 cm³/mol. The topological polar surface area (TPSA) is 40.5 Å². The lowest BCUT2D eigenvalue weighted by Crippen LogP contribution is -2.11. The van der Waals surface area contributed by atoms with Gasteiger partial charge in [-0.05, 0) is 35.4 Å². The highest BCUT2D eigenvalue weighted by Gasteiger charge is 2.38. The van der Waals surface area contributed by atoms with Crippen molar-refractivity contribution in [1.82, 2.24) is 0 Å². The molecule has 0 aliphatic rings. The van der Waals surface area contributed by atoms with Crippen LogP contribution in [0.25, 0.3) is 11.1 Å².